The number of carbonyl (C=O) groups is 3. The van der Waals surface area contributed by atoms with Crippen LogP contribution in [-0.2, 0) is 25.7 Å². The number of hydrogen-bond donors (Lipinski definition) is 3. The number of benzene rings is 3. The van der Waals surface area contributed by atoms with Gasteiger partial charge in [0.05, 0.1) is 18.6 Å². The number of carboxylic acid groups (broad SMARTS) is 1. The molecule has 10 heteroatoms. The molecule has 2 aliphatic rings. The van der Waals surface area contributed by atoms with Crippen LogP contribution in [0.1, 0.15) is 29.5 Å². The van der Waals surface area contributed by atoms with Crippen molar-refractivity contribution in [3.05, 3.63) is 95.6 Å². The predicted molar refractivity (Wildman–Crippen MR) is 145 cm³/mol. The number of amides is 2. The van der Waals surface area contributed by atoms with Crippen LogP contribution in [0, 0.1) is 11.8 Å². The smallest absolute Gasteiger partial charge is 0.407 e. The van der Waals surface area contributed by atoms with Crippen LogP contribution in [0.3, 0.4) is 0 Å². The zero-order valence-corrected chi connectivity index (χ0v) is 22.3. The highest BCUT2D eigenvalue weighted by Crippen LogP contribution is 2.55. The van der Waals surface area contributed by atoms with Crippen LogP contribution in [0.25, 0.3) is 11.1 Å². The summed E-state index contributed by atoms with van der Waals surface area (Å²) < 4.78 is 40.0. The van der Waals surface area contributed by atoms with E-state index in [0.717, 1.165) is 27.8 Å². The van der Waals surface area contributed by atoms with E-state index in [-0.39, 0.29) is 19.1 Å². The van der Waals surface area contributed by atoms with E-state index < -0.39 is 54.4 Å². The quantitative estimate of drug-likeness (QED) is 0.314. The van der Waals surface area contributed by atoms with Crippen molar-refractivity contribution in [2.75, 3.05) is 13.2 Å². The molecule has 41 heavy (non-hydrogen) atoms. The van der Waals surface area contributed by atoms with E-state index in [4.69, 9.17) is 9.47 Å². The van der Waals surface area contributed by atoms with E-state index in [0.29, 0.717) is 0 Å². The molecule has 0 bridgehead atoms. The molecule has 0 spiro atoms. The first-order chi connectivity index (χ1) is 19.7. The number of alkyl carbamates (subject to hydrolysis) is 1. The Labute approximate surface area is 235 Å². The summed E-state index contributed by atoms with van der Waals surface area (Å²) in [4.78, 5) is 36.8. The number of halogens is 2. The lowest BCUT2D eigenvalue weighted by atomic mass is 9.98. The number of fused-ring (bicyclic) bond motifs is 3. The highest BCUT2D eigenvalue weighted by molar-refractivity contribution is 5.88. The highest BCUT2D eigenvalue weighted by Gasteiger charge is 2.71. The molecule has 8 nitrogen and oxygen atoms in total. The van der Waals surface area contributed by atoms with Gasteiger partial charge in [-0.15, -0.1) is 0 Å². The highest BCUT2D eigenvalue weighted by atomic mass is 19.3. The van der Waals surface area contributed by atoms with Crippen LogP contribution < -0.4 is 10.6 Å². The number of ether oxygens (including phenoxy) is 2. The first-order valence-electron chi connectivity index (χ1n) is 13.3. The van der Waals surface area contributed by atoms with E-state index in [1.54, 1.807) is 24.3 Å². The van der Waals surface area contributed by atoms with Crippen molar-refractivity contribution >= 4 is 18.0 Å². The third-order valence-electron chi connectivity index (χ3n) is 7.68. The number of alkyl halides is 2. The Balaban J connectivity index is 1.12. The van der Waals surface area contributed by atoms with Crippen molar-refractivity contribution in [3.63, 3.8) is 0 Å². The third kappa shape index (κ3) is 5.92. The average molecular weight is 565 g/mol. The molecular weight excluding hydrogens is 534 g/mol. The number of nitrogens with one attached hydrogen (secondary N) is 2. The molecule has 0 aliphatic heterocycles. The minimum absolute atomic E-state index is 0.0198. The number of aliphatic carboxylic acids is 1. The minimum atomic E-state index is -3.40. The maximum absolute atomic E-state index is 14.5. The van der Waals surface area contributed by atoms with Gasteiger partial charge in [0.1, 0.15) is 12.5 Å². The van der Waals surface area contributed by atoms with Crippen molar-refractivity contribution in [2.24, 2.45) is 11.8 Å². The van der Waals surface area contributed by atoms with Gasteiger partial charge in [0.15, 0.2) is 6.04 Å². The van der Waals surface area contributed by atoms with Crippen molar-refractivity contribution in [1.29, 1.82) is 0 Å². The Morgan fingerprint density at radius 3 is 2.12 bits per heavy atom. The minimum Gasteiger partial charge on any atom is -0.480 e. The topological polar surface area (TPSA) is 114 Å². The van der Waals surface area contributed by atoms with Gasteiger partial charge >= 0.3 is 12.1 Å². The van der Waals surface area contributed by atoms with Crippen LogP contribution in [0.2, 0.25) is 0 Å². The summed E-state index contributed by atoms with van der Waals surface area (Å²) in [6.45, 7) is 1.06. The van der Waals surface area contributed by atoms with Gasteiger partial charge in [-0.05, 0) is 34.7 Å². The summed E-state index contributed by atoms with van der Waals surface area (Å²) in [7, 11) is 0. The van der Waals surface area contributed by atoms with Crippen LogP contribution >= 0.6 is 0 Å². The molecule has 5 rings (SSSR count). The predicted octanol–water partition coefficient (Wildman–Crippen LogP) is 4.58. The molecule has 3 N–H and O–H groups in total. The monoisotopic (exact) mass is 564 g/mol. The molecule has 0 heterocycles. The molecule has 214 valence electrons. The van der Waals surface area contributed by atoms with Gasteiger partial charge in [0.25, 0.3) is 5.92 Å². The normalized spacial score (nSPS) is 19.8. The first-order valence-corrected chi connectivity index (χ1v) is 13.3. The second kappa shape index (κ2) is 11.7. The summed E-state index contributed by atoms with van der Waals surface area (Å²) in [6.07, 6.45) is -1.86. The molecule has 2 unspecified atom stereocenters. The van der Waals surface area contributed by atoms with Gasteiger partial charge in [-0.3, -0.25) is 4.79 Å². The van der Waals surface area contributed by atoms with E-state index in [2.05, 4.69) is 10.6 Å². The lowest BCUT2D eigenvalue weighted by Gasteiger charge is -2.22. The largest absolute Gasteiger partial charge is 0.480 e. The second-order valence-electron chi connectivity index (χ2n) is 10.3. The fourth-order valence-corrected chi connectivity index (χ4v) is 5.37. The molecule has 0 radical (unpaired) electrons. The fraction of sp³-hybridized carbons (Fsp3) is 0.323. The summed E-state index contributed by atoms with van der Waals surface area (Å²) >= 11 is 0. The maximum Gasteiger partial charge on any atom is 0.407 e. The molecule has 3 aromatic carbocycles. The zero-order valence-electron chi connectivity index (χ0n) is 22.3. The maximum atomic E-state index is 14.5. The van der Waals surface area contributed by atoms with Gasteiger partial charge in [0, 0.05) is 12.5 Å². The molecule has 0 saturated heterocycles. The molecule has 3 aromatic rings. The Morgan fingerprint density at radius 2 is 1.51 bits per heavy atom. The Kier molecular flexibility index (Phi) is 8.03. The first kappa shape index (κ1) is 28.2. The second-order valence-corrected chi connectivity index (χ2v) is 10.3. The fourth-order valence-electron chi connectivity index (χ4n) is 5.37. The lowest BCUT2D eigenvalue weighted by molar-refractivity contribution is -0.147. The molecule has 4 atom stereocenters. The van der Waals surface area contributed by atoms with Gasteiger partial charge in [-0.1, -0.05) is 78.9 Å². The van der Waals surface area contributed by atoms with Gasteiger partial charge in [0.2, 0.25) is 5.91 Å². The zero-order chi connectivity index (χ0) is 29.1. The summed E-state index contributed by atoms with van der Waals surface area (Å²) in [5, 5.41) is 14.1. The molecular formula is C31H30F2N2O6. The van der Waals surface area contributed by atoms with Crippen LogP contribution in [0.4, 0.5) is 13.6 Å². The number of hydrogen-bond acceptors (Lipinski definition) is 5. The van der Waals surface area contributed by atoms with Crippen molar-refractivity contribution in [1.82, 2.24) is 10.6 Å². The van der Waals surface area contributed by atoms with Crippen LogP contribution in [0.15, 0.2) is 78.9 Å². The SMILES string of the molecule is C[C@@H](OCc1ccccc1)[C@H](NC(=O)C1C(CNC(=O)OCC2c3ccccc3-c3ccccc32)C1(F)F)C(=O)O. The number of carbonyl (C=O) groups excluding carboxylic acids is 2. The molecule has 2 amide bonds. The summed E-state index contributed by atoms with van der Waals surface area (Å²) in [6, 6.07) is 23.1. The lowest BCUT2D eigenvalue weighted by Crippen LogP contribution is -2.49. The van der Waals surface area contributed by atoms with E-state index in [1.807, 2.05) is 54.6 Å². The number of rotatable bonds is 11. The molecule has 1 fully saturated rings. The average Bonchev–Trinajstić information content (AvgIpc) is 3.38. The van der Waals surface area contributed by atoms with E-state index in [1.165, 1.54) is 6.92 Å². The van der Waals surface area contributed by atoms with Gasteiger partial charge in [-0.25, -0.2) is 18.4 Å². The third-order valence-corrected chi connectivity index (χ3v) is 7.68. The molecule has 2 aliphatic carbocycles. The number of carboxylic acids is 1. The standard InChI is InChI=1S/C31H30F2N2O6/c1-18(40-16-19-9-3-2-4-10-19)27(29(37)38)35-28(36)26-25(31(26,32)33)15-34-30(39)41-17-24-22-13-7-5-11-20(22)21-12-6-8-14-23(21)24/h2-14,18,24-27H,15-17H2,1H3,(H,34,39)(H,35,36)(H,37,38)/t18-,25?,26?,27+/m1/s1. The summed E-state index contributed by atoms with van der Waals surface area (Å²) in [5.74, 6) is -9.38. The van der Waals surface area contributed by atoms with E-state index >= 15 is 0 Å². The van der Waals surface area contributed by atoms with Crippen molar-refractivity contribution in [2.45, 2.75) is 37.5 Å². The van der Waals surface area contributed by atoms with Crippen molar-refractivity contribution in [3.8, 4) is 11.1 Å². The molecule has 1 saturated carbocycles. The molecule has 0 aromatic heterocycles. The Hall–Kier alpha value is -4.31. The Morgan fingerprint density at radius 1 is 0.927 bits per heavy atom. The van der Waals surface area contributed by atoms with Gasteiger partial charge in [-0.2, -0.15) is 0 Å². The van der Waals surface area contributed by atoms with Gasteiger partial charge < -0.3 is 25.2 Å². The Bertz CT molecular complexity index is 1390. The van der Waals surface area contributed by atoms with Crippen LogP contribution in [0.5, 0.6) is 0 Å². The van der Waals surface area contributed by atoms with Crippen molar-refractivity contribution < 1.29 is 37.7 Å². The van der Waals surface area contributed by atoms with E-state index in [9.17, 15) is 28.3 Å². The summed E-state index contributed by atoms with van der Waals surface area (Å²) in [5.41, 5.74) is 4.94. The van der Waals surface area contributed by atoms with Crippen LogP contribution in [-0.4, -0.2) is 54.3 Å².